The first-order chi connectivity index (χ1) is 18.4. The maximum absolute atomic E-state index is 11.7. The van der Waals surface area contributed by atoms with Crippen molar-refractivity contribution in [1.82, 2.24) is 5.32 Å². The van der Waals surface area contributed by atoms with Gasteiger partial charge in [-0.1, -0.05) is 5.11 Å². The molecular formula is C19H35N7O13. The maximum Gasteiger partial charge on any atom is 0.225 e. The molecule has 3 heterocycles. The lowest BCUT2D eigenvalue weighted by atomic mass is 9.96. The molecule has 0 spiro atoms. The molecule has 0 saturated carbocycles. The van der Waals surface area contributed by atoms with Gasteiger partial charge in [-0.15, -0.1) is 0 Å². The normalized spacial score (nSPS) is 46.8. The quantitative estimate of drug-likeness (QED) is 0.0697. The van der Waals surface area contributed by atoms with Gasteiger partial charge in [0, 0.05) is 11.5 Å². The van der Waals surface area contributed by atoms with Crippen LogP contribution in [0.5, 0.6) is 0 Å². The highest BCUT2D eigenvalue weighted by molar-refractivity contribution is 5.78. The van der Waals surface area contributed by atoms with Gasteiger partial charge in [-0.05, 0) is 5.53 Å². The Hall–Kier alpha value is -1.82. The Morgan fingerprint density at radius 2 is 1.38 bits per heavy atom. The Labute approximate surface area is 220 Å². The van der Waals surface area contributed by atoms with Gasteiger partial charge in [-0.25, -0.2) is 0 Å². The third kappa shape index (κ3) is 7.10. The lowest BCUT2D eigenvalue weighted by Crippen LogP contribution is -2.69. The van der Waals surface area contributed by atoms with E-state index in [1.54, 1.807) is 0 Å². The summed E-state index contributed by atoms with van der Waals surface area (Å²) in [4.78, 5) is 14.1. The largest absolute Gasteiger partial charge is 0.394 e. The van der Waals surface area contributed by atoms with Gasteiger partial charge in [0.15, 0.2) is 12.6 Å². The summed E-state index contributed by atoms with van der Waals surface area (Å²) in [7, 11) is 0. The summed E-state index contributed by atoms with van der Waals surface area (Å²) in [6.45, 7) is -1.58. The minimum absolute atomic E-state index is 0.383. The zero-order valence-corrected chi connectivity index (χ0v) is 20.4. The predicted octanol–water partition coefficient (Wildman–Crippen LogP) is -7.28. The number of ether oxygens (including phenoxy) is 5. The molecule has 0 aromatic heterocycles. The van der Waals surface area contributed by atoms with Gasteiger partial charge in [0.1, 0.15) is 80.0 Å². The molecule has 39 heavy (non-hydrogen) atoms. The van der Waals surface area contributed by atoms with Crippen molar-refractivity contribution in [3.63, 3.8) is 0 Å². The molecule has 1 amide bonds. The smallest absolute Gasteiger partial charge is 0.225 e. The van der Waals surface area contributed by atoms with Crippen molar-refractivity contribution in [1.29, 1.82) is 0 Å². The van der Waals surface area contributed by atoms with Crippen LogP contribution in [0.1, 0.15) is 0 Å². The number of hydrogen-bond acceptors (Lipinski definition) is 17. The molecule has 14 N–H and O–H groups in total. The highest BCUT2D eigenvalue weighted by atomic mass is 16.7. The van der Waals surface area contributed by atoms with E-state index in [2.05, 4.69) is 15.3 Å². The van der Waals surface area contributed by atoms with E-state index in [1.807, 2.05) is 0 Å². The van der Waals surface area contributed by atoms with Crippen molar-refractivity contribution in [2.75, 3.05) is 19.7 Å². The van der Waals surface area contributed by atoms with E-state index >= 15 is 0 Å². The van der Waals surface area contributed by atoms with Gasteiger partial charge in [-0.2, -0.15) is 0 Å². The minimum atomic E-state index is -1.85. The van der Waals surface area contributed by atoms with Crippen molar-refractivity contribution in [2.24, 2.45) is 22.3 Å². The number of carbonyl (C=O) groups excluding carboxylic acids is 1. The zero-order valence-electron chi connectivity index (χ0n) is 20.4. The molecule has 0 bridgehead atoms. The highest BCUT2D eigenvalue weighted by Crippen LogP contribution is 2.30. The number of carbonyl (C=O) groups is 1. The first-order valence-electron chi connectivity index (χ1n) is 11.9. The summed E-state index contributed by atoms with van der Waals surface area (Å²) in [5.74, 6) is -0.712. The first kappa shape index (κ1) is 31.7. The highest BCUT2D eigenvalue weighted by Gasteiger charge is 2.52. The Morgan fingerprint density at radius 3 is 1.95 bits per heavy atom. The van der Waals surface area contributed by atoms with E-state index in [4.69, 9.17) is 46.4 Å². The third-order valence-electron chi connectivity index (χ3n) is 6.60. The second kappa shape index (κ2) is 13.7. The Morgan fingerprint density at radius 1 is 0.821 bits per heavy atom. The summed E-state index contributed by atoms with van der Waals surface area (Å²) in [5, 5.41) is 77.1. The fourth-order valence-corrected chi connectivity index (χ4v) is 4.33. The van der Waals surface area contributed by atoms with Crippen molar-refractivity contribution in [3.8, 4) is 0 Å². The molecule has 3 aliphatic rings. The van der Waals surface area contributed by atoms with Crippen LogP contribution in [0.2, 0.25) is 0 Å². The number of nitrogens with two attached hydrogens (primary N) is 3. The average molecular weight is 570 g/mol. The molecule has 3 saturated heterocycles. The van der Waals surface area contributed by atoms with Gasteiger partial charge < -0.3 is 81.9 Å². The van der Waals surface area contributed by atoms with Crippen LogP contribution < -0.4 is 22.5 Å². The van der Waals surface area contributed by atoms with Crippen LogP contribution in [0.25, 0.3) is 10.4 Å². The third-order valence-corrected chi connectivity index (χ3v) is 6.60. The van der Waals surface area contributed by atoms with Crippen LogP contribution in [-0.4, -0.2) is 153 Å². The van der Waals surface area contributed by atoms with Crippen LogP contribution in [-0.2, 0) is 28.5 Å². The number of hydrogen-bond donors (Lipinski definition) is 11. The molecule has 3 rings (SSSR count). The van der Waals surface area contributed by atoms with E-state index in [0.717, 1.165) is 0 Å². The summed E-state index contributed by atoms with van der Waals surface area (Å²) in [5.41, 5.74) is 25.9. The van der Waals surface area contributed by atoms with Crippen LogP contribution in [0, 0.1) is 0 Å². The number of aliphatic hydroxyl groups is 7. The second-order valence-electron chi connectivity index (χ2n) is 9.25. The number of amides is 1. The number of nitrogens with one attached hydrogen (secondary N) is 1. The molecule has 224 valence electrons. The molecular weight excluding hydrogens is 534 g/mol. The molecule has 0 aromatic rings. The van der Waals surface area contributed by atoms with Crippen molar-refractivity contribution in [2.45, 2.75) is 92.1 Å². The van der Waals surface area contributed by atoms with E-state index in [-0.39, 0.29) is 6.54 Å². The number of aliphatic hydroxyl groups excluding tert-OH is 7. The molecule has 20 heteroatoms. The number of nitrogens with zero attached hydrogens (tertiary/aromatic N) is 3. The van der Waals surface area contributed by atoms with Crippen LogP contribution in [0.4, 0.5) is 0 Å². The van der Waals surface area contributed by atoms with Crippen LogP contribution in [0.3, 0.4) is 0 Å². The topological polar surface area (TPSA) is 344 Å². The van der Waals surface area contributed by atoms with E-state index < -0.39 is 111 Å². The fraction of sp³-hybridized carbons (Fsp3) is 0.947. The van der Waals surface area contributed by atoms with E-state index in [0.29, 0.717) is 0 Å². The molecule has 20 nitrogen and oxygen atoms in total. The van der Waals surface area contributed by atoms with Crippen molar-refractivity contribution < 1.29 is 64.2 Å². The molecule has 0 radical (unpaired) electrons. The number of azide groups is 1. The van der Waals surface area contributed by atoms with Gasteiger partial charge in [-0.3, -0.25) is 4.79 Å². The zero-order chi connectivity index (χ0) is 29.0. The predicted molar refractivity (Wildman–Crippen MR) is 122 cm³/mol. The van der Waals surface area contributed by atoms with Crippen LogP contribution in [0.15, 0.2) is 5.11 Å². The summed E-state index contributed by atoms with van der Waals surface area (Å²) >= 11 is 0. The van der Waals surface area contributed by atoms with Gasteiger partial charge in [0.25, 0.3) is 0 Å². The van der Waals surface area contributed by atoms with E-state index in [1.165, 1.54) is 0 Å². The average Bonchev–Trinajstić information content (AvgIpc) is 2.91. The lowest BCUT2D eigenvalue weighted by molar-refractivity contribution is -0.356. The molecule has 6 unspecified atom stereocenters. The van der Waals surface area contributed by atoms with Crippen molar-refractivity contribution in [3.05, 3.63) is 10.4 Å². The van der Waals surface area contributed by atoms with Gasteiger partial charge in [0.05, 0.1) is 12.6 Å². The Kier molecular flexibility index (Phi) is 11.1. The second-order valence-corrected chi connectivity index (χ2v) is 9.25. The maximum atomic E-state index is 11.7. The van der Waals surface area contributed by atoms with Gasteiger partial charge in [0.2, 0.25) is 5.91 Å². The first-order valence-corrected chi connectivity index (χ1v) is 11.9. The summed E-state index contributed by atoms with van der Waals surface area (Å²) in [6, 6.07) is -1.28. The summed E-state index contributed by atoms with van der Waals surface area (Å²) < 4.78 is 27.4. The Bertz CT molecular complexity index is 870. The van der Waals surface area contributed by atoms with Gasteiger partial charge >= 0.3 is 0 Å². The molecule has 15 atom stereocenters. The lowest BCUT2D eigenvalue weighted by Gasteiger charge is -2.47. The monoisotopic (exact) mass is 569 g/mol. The fourth-order valence-electron chi connectivity index (χ4n) is 4.33. The molecule has 3 fully saturated rings. The molecule has 3 aliphatic heterocycles. The number of rotatable bonds is 9. The van der Waals surface area contributed by atoms with Crippen LogP contribution >= 0.6 is 0 Å². The minimum Gasteiger partial charge on any atom is -0.394 e. The molecule has 0 aliphatic carbocycles. The van der Waals surface area contributed by atoms with Crippen molar-refractivity contribution >= 4 is 5.91 Å². The molecule has 0 aromatic carbocycles. The van der Waals surface area contributed by atoms with E-state index in [9.17, 15) is 40.5 Å². The summed E-state index contributed by atoms with van der Waals surface area (Å²) in [6.07, 6.45) is -21.8. The Balaban J connectivity index is 1.69. The SMILES string of the molecule is [N-]=[N+]=NCC(=O)NCC1O[C@@H](O[C@H]2C(N)O[C@@H](N)[C@H](O[C@H]3OC(CO)[C@@H](O)[C@H](N)C3O)C2O)[C@H](O)C(O)[C@H]1O. The standard InChI is InChI=1S/C19H35N7O13/c20-7-8(29)5(3-27)36-18(10(7)31)37-14-13(34)15(17(22)39-16(14)21)38-19-12(33)11(32)9(30)4(35-19)1-24-6(28)2-25-26-23/h4-5,7-19,27,29-34H,1-3,20-22H2,(H,24,28)/t4?,5?,7-,8+,9-,10?,11?,12+,13?,14+,15+,16+,17?,18+,19-/m0/s1.